The molecule has 1 N–H and O–H groups in total. The largest absolute Gasteiger partial charge is 0.411 e. The molecule has 1 aromatic rings. The molecule has 3 heteroatoms. The highest BCUT2D eigenvalue weighted by molar-refractivity contribution is 6.33. The van der Waals surface area contributed by atoms with Crippen LogP contribution in [0.2, 0.25) is 5.02 Å². The molecule has 0 saturated carbocycles. The van der Waals surface area contributed by atoms with Crippen LogP contribution in [-0.2, 0) is 0 Å². The first-order chi connectivity index (χ1) is 4.84. The summed E-state index contributed by atoms with van der Waals surface area (Å²) in [5, 5.41) is 11.6. The molecule has 0 bridgehead atoms. The standard InChI is InChI=1S/C7H6ClNO/c8-7-4-2-1-3-6(7)5-9-10/h1-5,10H/b9-5+. The number of rotatable bonds is 1. The van der Waals surface area contributed by atoms with Crippen LogP contribution in [0.15, 0.2) is 29.4 Å². The van der Waals surface area contributed by atoms with Gasteiger partial charge in [-0.1, -0.05) is 35.0 Å². The molecular formula is C7H6ClNO. The maximum absolute atomic E-state index is 8.15. The van der Waals surface area contributed by atoms with Crippen LogP contribution in [0.1, 0.15) is 5.56 Å². The molecule has 0 aliphatic rings. The fourth-order valence-electron chi connectivity index (χ4n) is 0.642. The molecule has 1 rings (SSSR count). The zero-order chi connectivity index (χ0) is 7.40. The summed E-state index contributed by atoms with van der Waals surface area (Å²) >= 11 is 5.70. The summed E-state index contributed by atoms with van der Waals surface area (Å²) in [6.07, 6.45) is 1.29. The molecule has 52 valence electrons. The number of benzene rings is 1. The molecular weight excluding hydrogens is 150 g/mol. The zero-order valence-corrected chi connectivity index (χ0v) is 5.92. The van der Waals surface area contributed by atoms with Crippen molar-refractivity contribution in [3.8, 4) is 0 Å². The molecule has 0 atom stereocenters. The van der Waals surface area contributed by atoms with E-state index in [2.05, 4.69) is 5.16 Å². The Hall–Kier alpha value is -1.02. The van der Waals surface area contributed by atoms with Gasteiger partial charge in [0.1, 0.15) is 0 Å². The maximum atomic E-state index is 8.15. The molecule has 0 radical (unpaired) electrons. The minimum absolute atomic E-state index is 0.584. The number of nitrogens with zero attached hydrogens (tertiary/aromatic N) is 1. The second kappa shape index (κ2) is 3.22. The molecule has 0 spiro atoms. The fraction of sp³-hybridized carbons (Fsp3) is 0. The second-order valence-corrected chi connectivity index (χ2v) is 2.17. The third-order valence-electron chi connectivity index (χ3n) is 1.10. The van der Waals surface area contributed by atoms with Gasteiger partial charge in [0.2, 0.25) is 0 Å². The van der Waals surface area contributed by atoms with Crippen LogP contribution in [-0.4, -0.2) is 11.4 Å². The smallest absolute Gasteiger partial charge is 0.0748 e. The van der Waals surface area contributed by atoms with E-state index in [4.69, 9.17) is 16.8 Å². The molecule has 0 unspecified atom stereocenters. The third kappa shape index (κ3) is 1.48. The third-order valence-corrected chi connectivity index (χ3v) is 1.45. The average molecular weight is 156 g/mol. The van der Waals surface area contributed by atoms with Crippen LogP contribution in [0.25, 0.3) is 0 Å². The van der Waals surface area contributed by atoms with E-state index in [0.717, 1.165) is 0 Å². The van der Waals surface area contributed by atoms with Gasteiger partial charge >= 0.3 is 0 Å². The zero-order valence-electron chi connectivity index (χ0n) is 5.16. The first-order valence-electron chi connectivity index (χ1n) is 2.76. The van der Waals surface area contributed by atoms with Crippen LogP contribution in [0, 0.1) is 0 Å². The van der Waals surface area contributed by atoms with E-state index < -0.39 is 0 Å². The predicted molar refractivity (Wildman–Crippen MR) is 40.8 cm³/mol. The van der Waals surface area contributed by atoms with Crippen molar-refractivity contribution in [1.29, 1.82) is 0 Å². The van der Waals surface area contributed by atoms with E-state index in [9.17, 15) is 0 Å². The van der Waals surface area contributed by atoms with Crippen molar-refractivity contribution in [2.45, 2.75) is 0 Å². The van der Waals surface area contributed by atoms with Crippen molar-refractivity contribution < 1.29 is 5.21 Å². The van der Waals surface area contributed by atoms with Crippen molar-refractivity contribution in [1.82, 2.24) is 0 Å². The topological polar surface area (TPSA) is 32.6 Å². The second-order valence-electron chi connectivity index (χ2n) is 1.77. The Balaban J connectivity index is 3.03. The Kier molecular flexibility index (Phi) is 2.29. The first-order valence-corrected chi connectivity index (χ1v) is 3.14. The molecule has 10 heavy (non-hydrogen) atoms. The van der Waals surface area contributed by atoms with Gasteiger partial charge in [0, 0.05) is 10.6 Å². The van der Waals surface area contributed by atoms with Crippen LogP contribution >= 0.6 is 11.6 Å². The molecule has 2 nitrogen and oxygen atoms in total. The van der Waals surface area contributed by atoms with Crippen molar-refractivity contribution >= 4 is 17.8 Å². The van der Waals surface area contributed by atoms with Gasteiger partial charge in [-0.15, -0.1) is 0 Å². The van der Waals surface area contributed by atoms with E-state index in [1.807, 2.05) is 12.1 Å². The highest BCUT2D eigenvalue weighted by Gasteiger charge is 1.92. The van der Waals surface area contributed by atoms with Crippen LogP contribution in [0.5, 0.6) is 0 Å². The van der Waals surface area contributed by atoms with Crippen molar-refractivity contribution in [2.75, 3.05) is 0 Å². The lowest BCUT2D eigenvalue weighted by molar-refractivity contribution is 0.322. The normalized spacial score (nSPS) is 10.5. The highest BCUT2D eigenvalue weighted by Crippen LogP contribution is 2.11. The number of hydrogen-bond acceptors (Lipinski definition) is 2. The average Bonchev–Trinajstić information content (AvgIpc) is 1.94. The van der Waals surface area contributed by atoms with Gasteiger partial charge in [-0.2, -0.15) is 0 Å². The number of oxime groups is 1. The van der Waals surface area contributed by atoms with E-state index >= 15 is 0 Å². The lowest BCUT2D eigenvalue weighted by Crippen LogP contribution is -1.80. The molecule has 0 aromatic heterocycles. The Labute approximate surface area is 63.7 Å². The van der Waals surface area contributed by atoms with Crippen LogP contribution < -0.4 is 0 Å². The Morgan fingerprint density at radius 3 is 2.70 bits per heavy atom. The van der Waals surface area contributed by atoms with Gasteiger partial charge in [0.15, 0.2) is 0 Å². The van der Waals surface area contributed by atoms with E-state index in [1.165, 1.54) is 6.21 Å². The molecule has 0 heterocycles. The fourth-order valence-corrected chi connectivity index (χ4v) is 0.827. The summed E-state index contributed by atoms with van der Waals surface area (Å²) in [5.41, 5.74) is 0.715. The number of hydrogen-bond donors (Lipinski definition) is 1. The molecule has 1 aromatic carbocycles. The van der Waals surface area contributed by atoms with Gasteiger partial charge in [0.25, 0.3) is 0 Å². The van der Waals surface area contributed by atoms with Crippen molar-refractivity contribution in [3.05, 3.63) is 34.9 Å². The molecule has 0 amide bonds. The first kappa shape index (κ1) is 7.09. The van der Waals surface area contributed by atoms with Gasteiger partial charge in [-0.05, 0) is 6.07 Å². The Morgan fingerprint density at radius 2 is 2.10 bits per heavy atom. The summed E-state index contributed by atoms with van der Waals surface area (Å²) < 4.78 is 0. The van der Waals surface area contributed by atoms with E-state index in [-0.39, 0.29) is 0 Å². The molecule has 0 fully saturated rings. The minimum atomic E-state index is 0.584. The number of halogens is 1. The molecule has 0 aliphatic carbocycles. The minimum Gasteiger partial charge on any atom is -0.411 e. The Morgan fingerprint density at radius 1 is 1.40 bits per heavy atom. The summed E-state index contributed by atoms with van der Waals surface area (Å²) in [4.78, 5) is 0. The van der Waals surface area contributed by atoms with E-state index in [0.29, 0.717) is 10.6 Å². The van der Waals surface area contributed by atoms with Crippen molar-refractivity contribution in [3.63, 3.8) is 0 Å². The van der Waals surface area contributed by atoms with Gasteiger partial charge in [-0.3, -0.25) is 0 Å². The lowest BCUT2D eigenvalue weighted by Gasteiger charge is -1.92. The summed E-state index contributed by atoms with van der Waals surface area (Å²) in [6.45, 7) is 0. The molecule has 0 saturated heterocycles. The summed E-state index contributed by atoms with van der Waals surface area (Å²) in [5.74, 6) is 0. The van der Waals surface area contributed by atoms with Gasteiger partial charge in [0.05, 0.1) is 6.21 Å². The lowest BCUT2D eigenvalue weighted by atomic mass is 10.2. The molecule has 0 aliphatic heterocycles. The van der Waals surface area contributed by atoms with Gasteiger partial charge in [-0.25, -0.2) is 0 Å². The SMILES string of the molecule is O/N=C/c1ccccc1Cl. The highest BCUT2D eigenvalue weighted by atomic mass is 35.5. The van der Waals surface area contributed by atoms with Gasteiger partial charge < -0.3 is 5.21 Å². The quantitative estimate of drug-likeness (QED) is 0.376. The van der Waals surface area contributed by atoms with E-state index in [1.54, 1.807) is 12.1 Å². The van der Waals surface area contributed by atoms with Crippen LogP contribution in [0.3, 0.4) is 0 Å². The summed E-state index contributed by atoms with van der Waals surface area (Å²) in [7, 11) is 0. The van der Waals surface area contributed by atoms with Crippen LogP contribution in [0.4, 0.5) is 0 Å². The summed E-state index contributed by atoms with van der Waals surface area (Å²) in [6, 6.07) is 7.14. The monoisotopic (exact) mass is 155 g/mol. The maximum Gasteiger partial charge on any atom is 0.0748 e. The van der Waals surface area contributed by atoms with Crippen molar-refractivity contribution in [2.24, 2.45) is 5.16 Å². The predicted octanol–water partition coefficient (Wildman–Crippen LogP) is 2.15. The Bertz CT molecular complexity index is 247.